The summed E-state index contributed by atoms with van der Waals surface area (Å²) in [6, 6.07) is 2.20. The lowest BCUT2D eigenvalue weighted by Crippen LogP contribution is -2.51. The number of furan rings is 1. The molecule has 3 fully saturated rings. The van der Waals surface area contributed by atoms with E-state index in [0.717, 1.165) is 25.7 Å². The SMILES string of the molecule is CC(=O)OC[C@@]1(O)CC23CC[C@@H]4c5ccoc5CC[C@@]4(C)[C@@H]2CC[C@H]1C3. The minimum absolute atomic E-state index is 0.174. The van der Waals surface area contributed by atoms with Gasteiger partial charge in [0.25, 0.3) is 0 Å². The Labute approximate surface area is 155 Å². The van der Waals surface area contributed by atoms with Crippen LogP contribution in [0.1, 0.15) is 76.0 Å². The van der Waals surface area contributed by atoms with Gasteiger partial charge in [-0.2, -0.15) is 0 Å². The van der Waals surface area contributed by atoms with Gasteiger partial charge in [-0.25, -0.2) is 0 Å². The smallest absolute Gasteiger partial charge is 0.302 e. The summed E-state index contributed by atoms with van der Waals surface area (Å²) in [5.41, 5.74) is 1.15. The van der Waals surface area contributed by atoms with E-state index in [2.05, 4.69) is 13.0 Å². The predicted octanol–water partition coefficient (Wildman–Crippen LogP) is 4.21. The minimum atomic E-state index is -0.820. The second-order valence-corrected chi connectivity index (χ2v) is 9.85. The van der Waals surface area contributed by atoms with Crippen LogP contribution in [0.4, 0.5) is 0 Å². The van der Waals surface area contributed by atoms with E-state index < -0.39 is 5.60 Å². The molecule has 1 spiro atoms. The molecular formula is C22H30O4. The van der Waals surface area contributed by atoms with E-state index in [1.807, 2.05) is 6.26 Å². The van der Waals surface area contributed by atoms with Crippen LogP contribution in [0, 0.1) is 22.7 Å². The number of aliphatic hydroxyl groups is 1. The Morgan fingerprint density at radius 2 is 2.19 bits per heavy atom. The van der Waals surface area contributed by atoms with Crippen molar-refractivity contribution in [2.24, 2.45) is 22.7 Å². The first-order valence-corrected chi connectivity index (χ1v) is 10.3. The summed E-state index contributed by atoms with van der Waals surface area (Å²) >= 11 is 0. The summed E-state index contributed by atoms with van der Waals surface area (Å²) in [6.45, 7) is 4.11. The van der Waals surface area contributed by atoms with Crippen LogP contribution in [0.2, 0.25) is 0 Å². The molecule has 5 rings (SSSR count). The topological polar surface area (TPSA) is 59.7 Å². The number of hydrogen-bond donors (Lipinski definition) is 1. The second-order valence-electron chi connectivity index (χ2n) is 9.85. The van der Waals surface area contributed by atoms with Crippen LogP contribution in [0.25, 0.3) is 0 Å². The molecule has 3 saturated carbocycles. The molecular weight excluding hydrogens is 328 g/mol. The van der Waals surface area contributed by atoms with Gasteiger partial charge in [0, 0.05) is 13.3 Å². The summed E-state index contributed by atoms with van der Waals surface area (Å²) < 4.78 is 11.0. The lowest BCUT2D eigenvalue weighted by atomic mass is 9.45. The molecule has 6 atom stereocenters. The quantitative estimate of drug-likeness (QED) is 0.805. The number of rotatable bonds is 2. The number of aryl methyl sites for hydroxylation is 1. The van der Waals surface area contributed by atoms with Crippen molar-refractivity contribution in [1.82, 2.24) is 0 Å². The summed E-state index contributed by atoms with van der Waals surface area (Å²) in [5, 5.41) is 11.4. The van der Waals surface area contributed by atoms with Gasteiger partial charge in [0.05, 0.1) is 6.26 Å². The molecule has 0 radical (unpaired) electrons. The van der Waals surface area contributed by atoms with Crippen molar-refractivity contribution in [2.75, 3.05) is 6.61 Å². The van der Waals surface area contributed by atoms with E-state index in [9.17, 15) is 9.90 Å². The van der Waals surface area contributed by atoms with E-state index >= 15 is 0 Å². The fraction of sp³-hybridized carbons (Fsp3) is 0.773. The fourth-order valence-electron chi connectivity index (χ4n) is 7.72. The van der Waals surface area contributed by atoms with Crippen LogP contribution in [-0.4, -0.2) is 23.3 Å². The van der Waals surface area contributed by atoms with Gasteiger partial charge in [-0.05, 0) is 85.2 Å². The van der Waals surface area contributed by atoms with Gasteiger partial charge in [0.15, 0.2) is 0 Å². The Kier molecular flexibility index (Phi) is 3.48. The highest BCUT2D eigenvalue weighted by Gasteiger charge is 2.66. The van der Waals surface area contributed by atoms with Crippen molar-refractivity contribution in [3.05, 3.63) is 23.7 Å². The molecule has 4 heteroatoms. The highest BCUT2D eigenvalue weighted by atomic mass is 16.5. The number of fused-ring (bicyclic) bond motifs is 5. The van der Waals surface area contributed by atoms with Gasteiger partial charge in [-0.15, -0.1) is 0 Å². The lowest BCUT2D eigenvalue weighted by molar-refractivity contribution is -0.151. The molecule has 0 aliphatic heterocycles. The largest absolute Gasteiger partial charge is 0.469 e. The Hall–Kier alpha value is -1.29. The van der Waals surface area contributed by atoms with Crippen LogP contribution < -0.4 is 0 Å². The highest BCUT2D eigenvalue weighted by Crippen LogP contribution is 2.72. The standard InChI is InChI=1S/C22H30O4/c1-14(23)26-13-22(24)12-21-9-5-17-16-7-10-25-18(16)6-8-20(17,2)19(21)4-3-15(22)11-21/h7,10,15,17,19,24H,3-6,8-9,11-13H2,1-2H3/t15-,17+,19-,20+,21?,22-/m0/s1. The highest BCUT2D eigenvalue weighted by molar-refractivity contribution is 5.66. The van der Waals surface area contributed by atoms with Gasteiger partial charge in [-0.3, -0.25) is 4.79 Å². The van der Waals surface area contributed by atoms with Gasteiger partial charge in [0.2, 0.25) is 0 Å². The van der Waals surface area contributed by atoms with Gasteiger partial charge in [0.1, 0.15) is 18.0 Å². The summed E-state index contributed by atoms with van der Waals surface area (Å²) in [6.07, 6.45) is 10.7. The first-order valence-electron chi connectivity index (χ1n) is 10.3. The maximum Gasteiger partial charge on any atom is 0.302 e. The van der Waals surface area contributed by atoms with Crippen LogP contribution in [-0.2, 0) is 16.0 Å². The van der Waals surface area contributed by atoms with E-state index in [-0.39, 0.29) is 23.9 Å². The molecule has 142 valence electrons. The number of esters is 1. The van der Waals surface area contributed by atoms with Crippen molar-refractivity contribution in [3.63, 3.8) is 0 Å². The molecule has 0 aromatic carbocycles. The van der Waals surface area contributed by atoms with Crippen LogP contribution in [0.5, 0.6) is 0 Å². The number of hydrogen-bond acceptors (Lipinski definition) is 4. The molecule has 1 unspecified atom stereocenters. The average Bonchev–Trinajstić information content (AvgIpc) is 3.14. The monoisotopic (exact) mass is 358 g/mol. The lowest BCUT2D eigenvalue weighted by Gasteiger charge is -2.59. The number of ether oxygens (including phenoxy) is 1. The third kappa shape index (κ3) is 2.14. The van der Waals surface area contributed by atoms with E-state index in [1.54, 1.807) is 0 Å². The van der Waals surface area contributed by atoms with Crippen molar-refractivity contribution < 1.29 is 19.1 Å². The second kappa shape index (κ2) is 5.37. The molecule has 26 heavy (non-hydrogen) atoms. The summed E-state index contributed by atoms with van der Waals surface area (Å²) in [7, 11) is 0. The number of carbonyl (C=O) groups is 1. The minimum Gasteiger partial charge on any atom is -0.469 e. The van der Waals surface area contributed by atoms with Gasteiger partial charge < -0.3 is 14.3 Å². The van der Waals surface area contributed by atoms with Gasteiger partial charge >= 0.3 is 5.97 Å². The van der Waals surface area contributed by atoms with Crippen LogP contribution in [0.3, 0.4) is 0 Å². The molecule has 4 nitrogen and oxygen atoms in total. The van der Waals surface area contributed by atoms with Crippen LogP contribution in [0.15, 0.2) is 16.7 Å². The van der Waals surface area contributed by atoms with Crippen molar-refractivity contribution in [1.29, 1.82) is 0 Å². The first-order chi connectivity index (χ1) is 12.4. The van der Waals surface area contributed by atoms with E-state index in [0.29, 0.717) is 17.3 Å². The zero-order valence-electron chi connectivity index (χ0n) is 15.9. The molecule has 4 aliphatic carbocycles. The average molecular weight is 358 g/mol. The summed E-state index contributed by atoms with van der Waals surface area (Å²) in [4.78, 5) is 11.3. The molecule has 4 aliphatic rings. The normalized spacial score (nSPS) is 46.2. The van der Waals surface area contributed by atoms with Crippen LogP contribution >= 0.6 is 0 Å². The molecule has 1 aromatic rings. The Bertz CT molecular complexity index is 738. The van der Waals surface area contributed by atoms with Crippen molar-refractivity contribution >= 4 is 5.97 Å². The molecule has 1 N–H and O–H groups in total. The predicted molar refractivity (Wildman–Crippen MR) is 96.6 cm³/mol. The molecule has 1 aromatic heterocycles. The number of carbonyl (C=O) groups excluding carboxylic acids is 1. The molecule has 2 bridgehead atoms. The Balaban J connectivity index is 1.47. The third-order valence-electron chi connectivity index (χ3n) is 8.71. The maximum atomic E-state index is 11.4. The first kappa shape index (κ1) is 16.9. The zero-order valence-corrected chi connectivity index (χ0v) is 15.9. The Morgan fingerprint density at radius 3 is 3.00 bits per heavy atom. The van der Waals surface area contributed by atoms with Crippen molar-refractivity contribution in [2.45, 2.75) is 76.7 Å². The van der Waals surface area contributed by atoms with E-state index in [1.165, 1.54) is 43.9 Å². The fourth-order valence-corrected chi connectivity index (χ4v) is 7.72. The summed E-state index contributed by atoms with van der Waals surface area (Å²) in [5.74, 6) is 2.45. The Morgan fingerprint density at radius 1 is 1.35 bits per heavy atom. The third-order valence-corrected chi connectivity index (χ3v) is 8.71. The molecule has 0 saturated heterocycles. The molecule has 1 heterocycles. The molecule has 0 amide bonds. The zero-order chi connectivity index (χ0) is 18.2. The maximum absolute atomic E-state index is 11.4. The van der Waals surface area contributed by atoms with Crippen molar-refractivity contribution in [3.8, 4) is 0 Å². The van der Waals surface area contributed by atoms with Gasteiger partial charge in [-0.1, -0.05) is 6.92 Å². The van der Waals surface area contributed by atoms with E-state index in [4.69, 9.17) is 9.15 Å².